The summed E-state index contributed by atoms with van der Waals surface area (Å²) in [6.45, 7) is 4.22. The molecule has 3 aromatic rings. The van der Waals surface area contributed by atoms with Gasteiger partial charge < -0.3 is 8.98 Å². The molecule has 2 aliphatic rings. The SMILES string of the molecule is c1coc(CN2CCC3(CCn4c(-c5cccs5)cnc43)C2)c1. The number of furan rings is 1. The van der Waals surface area contributed by atoms with E-state index in [1.165, 1.54) is 29.2 Å². The van der Waals surface area contributed by atoms with Gasteiger partial charge in [-0.25, -0.2) is 4.98 Å². The van der Waals surface area contributed by atoms with Crippen molar-refractivity contribution in [2.24, 2.45) is 0 Å². The first-order valence-corrected chi connectivity index (χ1v) is 9.07. The average Bonchev–Trinajstić information content (AvgIpc) is 3.33. The Morgan fingerprint density at radius 3 is 3.00 bits per heavy atom. The number of nitrogens with zero attached hydrogens (tertiary/aromatic N) is 3. The summed E-state index contributed by atoms with van der Waals surface area (Å²) in [5, 5.41) is 2.14. The second-order valence-corrected chi connectivity index (χ2v) is 7.61. The quantitative estimate of drug-likeness (QED) is 0.735. The highest BCUT2D eigenvalue weighted by Crippen LogP contribution is 2.44. The summed E-state index contributed by atoms with van der Waals surface area (Å²) in [5.74, 6) is 2.35. The molecule has 1 saturated heterocycles. The Hall–Kier alpha value is -1.85. The molecule has 5 heteroatoms. The van der Waals surface area contributed by atoms with Crippen molar-refractivity contribution < 1.29 is 4.42 Å². The number of rotatable bonds is 3. The van der Waals surface area contributed by atoms with Crippen LogP contribution in [0.3, 0.4) is 0 Å². The van der Waals surface area contributed by atoms with E-state index < -0.39 is 0 Å². The molecule has 0 aliphatic carbocycles. The predicted molar refractivity (Wildman–Crippen MR) is 90.4 cm³/mol. The van der Waals surface area contributed by atoms with Gasteiger partial charge >= 0.3 is 0 Å². The Kier molecular flexibility index (Phi) is 3.00. The molecule has 2 aliphatic heterocycles. The highest BCUT2D eigenvalue weighted by molar-refractivity contribution is 7.13. The van der Waals surface area contributed by atoms with E-state index in [1.54, 1.807) is 17.6 Å². The van der Waals surface area contributed by atoms with Gasteiger partial charge in [-0.3, -0.25) is 4.90 Å². The number of hydrogen-bond acceptors (Lipinski definition) is 4. The maximum absolute atomic E-state index is 5.51. The van der Waals surface area contributed by atoms with Gasteiger partial charge in [-0.05, 0) is 43.0 Å². The summed E-state index contributed by atoms with van der Waals surface area (Å²) in [6.07, 6.45) is 6.24. The Morgan fingerprint density at radius 2 is 2.17 bits per heavy atom. The summed E-state index contributed by atoms with van der Waals surface area (Å²) in [6, 6.07) is 8.34. The maximum atomic E-state index is 5.51. The van der Waals surface area contributed by atoms with Crippen molar-refractivity contribution in [3.05, 3.63) is 53.7 Å². The number of imidazole rings is 1. The van der Waals surface area contributed by atoms with Gasteiger partial charge in [0.25, 0.3) is 0 Å². The number of hydrogen-bond donors (Lipinski definition) is 0. The van der Waals surface area contributed by atoms with Crippen molar-refractivity contribution in [1.29, 1.82) is 0 Å². The topological polar surface area (TPSA) is 34.2 Å². The van der Waals surface area contributed by atoms with E-state index in [0.29, 0.717) is 0 Å². The van der Waals surface area contributed by atoms with Crippen LogP contribution in [-0.2, 0) is 18.5 Å². The minimum atomic E-state index is 0.238. The van der Waals surface area contributed by atoms with E-state index in [4.69, 9.17) is 9.40 Å². The molecule has 0 N–H and O–H groups in total. The van der Waals surface area contributed by atoms with Crippen molar-refractivity contribution in [2.75, 3.05) is 13.1 Å². The predicted octanol–water partition coefficient (Wildman–Crippen LogP) is 3.75. The van der Waals surface area contributed by atoms with Gasteiger partial charge in [0.2, 0.25) is 0 Å². The Labute approximate surface area is 139 Å². The number of fused-ring (bicyclic) bond motifs is 2. The zero-order chi connectivity index (χ0) is 15.3. The Balaban J connectivity index is 1.42. The Morgan fingerprint density at radius 1 is 1.22 bits per heavy atom. The number of aromatic nitrogens is 2. The van der Waals surface area contributed by atoms with E-state index in [1.807, 2.05) is 6.07 Å². The minimum absolute atomic E-state index is 0.238. The zero-order valence-corrected chi connectivity index (χ0v) is 13.8. The van der Waals surface area contributed by atoms with Crippen LogP contribution in [0.4, 0.5) is 0 Å². The third-order valence-electron chi connectivity index (χ3n) is 5.31. The molecule has 0 aromatic carbocycles. The van der Waals surface area contributed by atoms with E-state index in [9.17, 15) is 0 Å². The number of thiophene rings is 1. The molecule has 4 nitrogen and oxygen atoms in total. The summed E-state index contributed by atoms with van der Waals surface area (Å²) in [7, 11) is 0. The lowest BCUT2D eigenvalue weighted by molar-refractivity contribution is 0.275. The second-order valence-electron chi connectivity index (χ2n) is 6.67. The first-order chi connectivity index (χ1) is 11.3. The molecule has 0 bridgehead atoms. The third kappa shape index (κ3) is 2.11. The molecular formula is C18H19N3OS. The lowest BCUT2D eigenvalue weighted by Crippen LogP contribution is -2.29. The highest BCUT2D eigenvalue weighted by atomic mass is 32.1. The van der Waals surface area contributed by atoms with Crippen LogP contribution >= 0.6 is 11.3 Å². The molecule has 5 rings (SSSR count). The van der Waals surface area contributed by atoms with Gasteiger partial charge in [0.05, 0.1) is 29.6 Å². The fourth-order valence-corrected chi connectivity index (χ4v) is 4.93. The fourth-order valence-electron chi connectivity index (χ4n) is 4.19. The lowest BCUT2D eigenvalue weighted by atomic mass is 9.85. The molecule has 0 saturated carbocycles. The van der Waals surface area contributed by atoms with E-state index in [0.717, 1.165) is 31.9 Å². The molecule has 1 unspecified atom stereocenters. The summed E-state index contributed by atoms with van der Waals surface area (Å²) in [5.41, 5.74) is 1.53. The summed E-state index contributed by atoms with van der Waals surface area (Å²) >= 11 is 1.80. The molecule has 5 heterocycles. The zero-order valence-electron chi connectivity index (χ0n) is 12.9. The minimum Gasteiger partial charge on any atom is -0.468 e. The molecule has 23 heavy (non-hydrogen) atoms. The van der Waals surface area contributed by atoms with Crippen LogP contribution in [0.15, 0.2) is 46.5 Å². The molecule has 1 spiro atoms. The normalized spacial score (nSPS) is 23.8. The van der Waals surface area contributed by atoms with Gasteiger partial charge in [-0.2, -0.15) is 0 Å². The van der Waals surface area contributed by atoms with Crippen LogP contribution in [0.2, 0.25) is 0 Å². The average molecular weight is 325 g/mol. The molecule has 0 radical (unpaired) electrons. The van der Waals surface area contributed by atoms with Crippen LogP contribution in [0.1, 0.15) is 24.4 Å². The van der Waals surface area contributed by atoms with Crippen LogP contribution in [0.5, 0.6) is 0 Å². The van der Waals surface area contributed by atoms with Gasteiger partial charge in [-0.15, -0.1) is 11.3 Å². The maximum Gasteiger partial charge on any atom is 0.117 e. The van der Waals surface area contributed by atoms with Crippen molar-refractivity contribution in [1.82, 2.24) is 14.5 Å². The van der Waals surface area contributed by atoms with Crippen LogP contribution < -0.4 is 0 Å². The van der Waals surface area contributed by atoms with Crippen molar-refractivity contribution in [3.63, 3.8) is 0 Å². The fraction of sp³-hybridized carbons (Fsp3) is 0.389. The van der Waals surface area contributed by atoms with Gasteiger partial charge in [0.15, 0.2) is 0 Å². The lowest BCUT2D eigenvalue weighted by Gasteiger charge is -2.22. The van der Waals surface area contributed by atoms with E-state index >= 15 is 0 Å². The van der Waals surface area contributed by atoms with Crippen molar-refractivity contribution in [2.45, 2.75) is 31.3 Å². The smallest absolute Gasteiger partial charge is 0.117 e. The molecular weight excluding hydrogens is 306 g/mol. The molecule has 1 fully saturated rings. The summed E-state index contributed by atoms with van der Waals surface area (Å²) in [4.78, 5) is 8.67. The number of likely N-dealkylation sites (tertiary alicyclic amines) is 1. The first kappa shape index (κ1) is 13.6. The second kappa shape index (κ2) is 5.08. The first-order valence-electron chi connectivity index (χ1n) is 8.19. The van der Waals surface area contributed by atoms with Crippen LogP contribution in [0, 0.1) is 0 Å². The van der Waals surface area contributed by atoms with Crippen LogP contribution in [0.25, 0.3) is 10.6 Å². The van der Waals surface area contributed by atoms with E-state index in [-0.39, 0.29) is 5.41 Å². The highest BCUT2D eigenvalue weighted by Gasteiger charge is 2.46. The van der Waals surface area contributed by atoms with E-state index in [2.05, 4.69) is 39.2 Å². The van der Waals surface area contributed by atoms with Crippen LogP contribution in [-0.4, -0.2) is 27.5 Å². The molecule has 0 amide bonds. The molecule has 1 atom stereocenters. The molecule has 118 valence electrons. The third-order valence-corrected chi connectivity index (χ3v) is 6.20. The van der Waals surface area contributed by atoms with Gasteiger partial charge in [0.1, 0.15) is 11.6 Å². The summed E-state index contributed by atoms with van der Waals surface area (Å²) < 4.78 is 7.95. The van der Waals surface area contributed by atoms with Crippen molar-refractivity contribution >= 4 is 11.3 Å². The van der Waals surface area contributed by atoms with Gasteiger partial charge in [0, 0.05) is 18.5 Å². The van der Waals surface area contributed by atoms with Gasteiger partial charge in [-0.1, -0.05) is 6.07 Å². The van der Waals surface area contributed by atoms with Crippen molar-refractivity contribution in [3.8, 4) is 10.6 Å². The largest absolute Gasteiger partial charge is 0.468 e. The molecule has 3 aromatic heterocycles. The standard InChI is InChI=1S/C18H19N3OS/c1-3-14(22-9-1)12-20-7-5-18(13-20)6-8-21-15(11-19-17(18)21)16-4-2-10-23-16/h1-4,9-11H,5-8,12-13H2. The Bertz CT molecular complexity index is 806. The monoisotopic (exact) mass is 325 g/mol.